The van der Waals surface area contributed by atoms with Gasteiger partial charge >= 0.3 is 5.97 Å². The molecule has 160 valence electrons. The second-order valence-corrected chi connectivity index (χ2v) is 8.92. The molecular weight excluding hydrogens is 408 g/mol. The minimum Gasteiger partial charge on any atom is -0.468 e. The van der Waals surface area contributed by atoms with E-state index >= 15 is 0 Å². The first kappa shape index (κ1) is 21.9. The molecule has 0 saturated carbocycles. The maximum atomic E-state index is 13.0. The second kappa shape index (κ2) is 8.90. The van der Waals surface area contributed by atoms with Crippen molar-refractivity contribution in [3.63, 3.8) is 0 Å². The van der Waals surface area contributed by atoms with Crippen molar-refractivity contribution in [1.29, 1.82) is 0 Å². The molecule has 0 aliphatic carbocycles. The lowest BCUT2D eigenvalue weighted by Gasteiger charge is -2.22. The number of nitrogens with zero attached hydrogens (tertiary/aromatic N) is 2. The van der Waals surface area contributed by atoms with Crippen molar-refractivity contribution < 1.29 is 22.7 Å². The fourth-order valence-electron chi connectivity index (χ4n) is 3.23. The number of methoxy groups -OCH3 is 1. The van der Waals surface area contributed by atoms with Gasteiger partial charge in [0.15, 0.2) is 0 Å². The lowest BCUT2D eigenvalue weighted by atomic mass is 10.1. The fourth-order valence-corrected chi connectivity index (χ4v) is 4.88. The number of sulfonamides is 1. The highest BCUT2D eigenvalue weighted by atomic mass is 32.2. The molecule has 2 atom stereocenters. The molecule has 3 N–H and O–H groups in total. The smallest absolute Gasteiger partial charge is 0.324 e. The molecule has 2 heterocycles. The van der Waals surface area contributed by atoms with Crippen LogP contribution in [0.15, 0.2) is 47.5 Å². The second-order valence-electron chi connectivity index (χ2n) is 7.03. The van der Waals surface area contributed by atoms with E-state index in [-0.39, 0.29) is 17.3 Å². The third-order valence-electron chi connectivity index (χ3n) is 4.90. The van der Waals surface area contributed by atoms with Gasteiger partial charge < -0.3 is 15.8 Å². The first-order chi connectivity index (χ1) is 14.2. The largest absolute Gasteiger partial charge is 0.468 e. The predicted molar refractivity (Wildman–Crippen MR) is 111 cm³/mol. The number of benzene rings is 1. The molecule has 1 aliphatic rings. The molecule has 9 nitrogen and oxygen atoms in total. The van der Waals surface area contributed by atoms with Gasteiger partial charge in [0.2, 0.25) is 15.9 Å². The van der Waals surface area contributed by atoms with E-state index in [9.17, 15) is 18.0 Å². The number of hydrogen-bond acceptors (Lipinski definition) is 7. The van der Waals surface area contributed by atoms with Crippen molar-refractivity contribution in [2.24, 2.45) is 5.73 Å². The summed E-state index contributed by atoms with van der Waals surface area (Å²) in [5.74, 6) is -0.505. The molecule has 1 fully saturated rings. The number of esters is 1. The summed E-state index contributed by atoms with van der Waals surface area (Å²) in [7, 11) is -2.56. The number of carbonyl (C=O) groups is 2. The average Bonchev–Trinajstić information content (AvgIpc) is 3.24. The number of nitrogens with one attached hydrogen (secondary N) is 1. The van der Waals surface area contributed by atoms with Crippen LogP contribution in [0.3, 0.4) is 0 Å². The Bertz CT molecular complexity index is 1020. The van der Waals surface area contributed by atoms with Gasteiger partial charge in [-0.2, -0.15) is 4.31 Å². The minimum atomic E-state index is -3.81. The first-order valence-electron chi connectivity index (χ1n) is 9.46. The maximum absolute atomic E-state index is 13.0. The normalized spacial score (nSPS) is 18.0. The van der Waals surface area contributed by atoms with Crippen LogP contribution in [0.25, 0.3) is 11.1 Å². The van der Waals surface area contributed by atoms with Crippen LogP contribution in [0.5, 0.6) is 0 Å². The molecule has 1 aromatic heterocycles. The highest BCUT2D eigenvalue weighted by Crippen LogP contribution is 2.28. The lowest BCUT2D eigenvalue weighted by Crippen LogP contribution is -2.40. The number of ether oxygens (including phenoxy) is 1. The molecule has 0 spiro atoms. The van der Waals surface area contributed by atoms with Crippen LogP contribution >= 0.6 is 0 Å². The Hall–Kier alpha value is -2.82. The van der Waals surface area contributed by atoms with Crippen LogP contribution in [0, 0.1) is 0 Å². The number of pyridine rings is 1. The number of anilines is 1. The number of rotatable bonds is 6. The zero-order chi connectivity index (χ0) is 21.9. The molecule has 30 heavy (non-hydrogen) atoms. The third-order valence-corrected chi connectivity index (χ3v) is 6.82. The van der Waals surface area contributed by atoms with Gasteiger partial charge in [-0.05, 0) is 49.6 Å². The van der Waals surface area contributed by atoms with E-state index in [4.69, 9.17) is 10.5 Å². The number of hydrogen-bond donors (Lipinski definition) is 2. The van der Waals surface area contributed by atoms with Crippen molar-refractivity contribution >= 4 is 27.7 Å². The van der Waals surface area contributed by atoms with E-state index in [1.54, 1.807) is 37.4 Å². The molecule has 0 bridgehead atoms. The number of amides is 1. The van der Waals surface area contributed by atoms with Gasteiger partial charge in [0.25, 0.3) is 0 Å². The number of aromatic nitrogens is 1. The monoisotopic (exact) mass is 432 g/mol. The summed E-state index contributed by atoms with van der Waals surface area (Å²) < 4.78 is 31.9. The van der Waals surface area contributed by atoms with Crippen molar-refractivity contribution in [2.75, 3.05) is 19.0 Å². The number of carbonyl (C=O) groups excluding carboxylic acids is 2. The minimum absolute atomic E-state index is 0.107. The molecule has 0 radical (unpaired) electrons. The van der Waals surface area contributed by atoms with E-state index in [2.05, 4.69) is 10.3 Å². The predicted octanol–water partition coefficient (Wildman–Crippen LogP) is 1.36. The Labute approximate surface area is 175 Å². The van der Waals surface area contributed by atoms with Crippen LogP contribution in [0.4, 0.5) is 5.82 Å². The summed E-state index contributed by atoms with van der Waals surface area (Å²) in [4.78, 5) is 27.8. The molecule has 2 aromatic rings. The van der Waals surface area contributed by atoms with Gasteiger partial charge in [-0.1, -0.05) is 12.1 Å². The number of nitrogens with two attached hydrogens (primary N) is 1. The van der Waals surface area contributed by atoms with Crippen molar-refractivity contribution in [2.45, 2.75) is 36.7 Å². The molecule has 10 heteroatoms. The summed E-state index contributed by atoms with van der Waals surface area (Å²) in [6.45, 7) is 1.86. The average molecular weight is 433 g/mol. The van der Waals surface area contributed by atoms with Gasteiger partial charge in [0.05, 0.1) is 18.0 Å². The lowest BCUT2D eigenvalue weighted by molar-refractivity contribution is -0.144. The van der Waals surface area contributed by atoms with E-state index in [1.165, 1.54) is 23.5 Å². The molecular formula is C20H24N4O5S. The molecule has 1 saturated heterocycles. The van der Waals surface area contributed by atoms with E-state index in [0.29, 0.717) is 18.7 Å². The zero-order valence-electron chi connectivity index (χ0n) is 16.7. The van der Waals surface area contributed by atoms with Crippen molar-refractivity contribution in [3.05, 3.63) is 42.6 Å². The van der Waals surface area contributed by atoms with E-state index in [1.807, 2.05) is 0 Å². The quantitative estimate of drug-likeness (QED) is 0.659. The molecule has 1 aliphatic heterocycles. The van der Waals surface area contributed by atoms with Gasteiger partial charge in [0, 0.05) is 18.3 Å². The summed E-state index contributed by atoms with van der Waals surface area (Å²) in [6, 6.07) is 8.33. The Balaban J connectivity index is 1.77. The van der Waals surface area contributed by atoms with Crippen LogP contribution in [0.2, 0.25) is 0 Å². The topological polar surface area (TPSA) is 132 Å². The Morgan fingerprint density at radius 1 is 1.20 bits per heavy atom. The van der Waals surface area contributed by atoms with Gasteiger partial charge in [-0.25, -0.2) is 13.4 Å². The highest BCUT2D eigenvalue weighted by Gasteiger charge is 2.40. The summed E-state index contributed by atoms with van der Waals surface area (Å²) >= 11 is 0. The molecule has 3 rings (SSSR count). The van der Waals surface area contributed by atoms with Crippen LogP contribution in [-0.4, -0.2) is 55.3 Å². The highest BCUT2D eigenvalue weighted by molar-refractivity contribution is 7.89. The molecule has 1 amide bonds. The molecule has 1 aromatic carbocycles. The van der Waals surface area contributed by atoms with Gasteiger partial charge in [-0.15, -0.1) is 0 Å². The fraction of sp³-hybridized carbons (Fsp3) is 0.350. The first-order valence-corrected chi connectivity index (χ1v) is 10.9. The van der Waals surface area contributed by atoms with Crippen molar-refractivity contribution in [3.8, 4) is 11.1 Å². The standard InChI is InChI=1S/C20H24N4O5S/c1-13(21)19(25)23-18-10-7-15(12-22-18)14-5-8-16(9-6-14)30(27,28)24-11-3-4-17(24)20(26)29-2/h5-10,12-13,17H,3-4,11,21H2,1-2H3,(H,22,23,25)/t13-,17-/m1/s1. The Morgan fingerprint density at radius 3 is 2.43 bits per heavy atom. The van der Waals surface area contributed by atoms with Crippen molar-refractivity contribution in [1.82, 2.24) is 9.29 Å². The summed E-state index contributed by atoms with van der Waals surface area (Å²) in [6.07, 6.45) is 2.63. The zero-order valence-corrected chi connectivity index (χ0v) is 17.6. The maximum Gasteiger partial charge on any atom is 0.324 e. The summed E-state index contributed by atoms with van der Waals surface area (Å²) in [5.41, 5.74) is 7.03. The Morgan fingerprint density at radius 2 is 1.87 bits per heavy atom. The Kier molecular flexibility index (Phi) is 6.49. The van der Waals surface area contributed by atoms with Gasteiger partial charge in [0.1, 0.15) is 11.9 Å². The van der Waals surface area contributed by atoms with E-state index < -0.39 is 28.1 Å². The van der Waals surface area contributed by atoms with Gasteiger partial charge in [-0.3, -0.25) is 9.59 Å². The van der Waals surface area contributed by atoms with Crippen LogP contribution in [-0.2, 0) is 24.3 Å². The van der Waals surface area contributed by atoms with Crippen LogP contribution in [0.1, 0.15) is 19.8 Å². The SMILES string of the molecule is COC(=O)[C@H]1CCCN1S(=O)(=O)c1ccc(-c2ccc(NC(=O)[C@@H](C)N)nc2)cc1. The third kappa shape index (κ3) is 4.50. The summed E-state index contributed by atoms with van der Waals surface area (Å²) in [5, 5.41) is 2.60. The molecule has 0 unspecified atom stereocenters. The van der Waals surface area contributed by atoms with Crippen LogP contribution < -0.4 is 11.1 Å². The van der Waals surface area contributed by atoms with E-state index in [0.717, 1.165) is 11.1 Å².